The lowest BCUT2D eigenvalue weighted by molar-refractivity contribution is 0.0981. The van der Waals surface area contributed by atoms with Crippen LogP contribution in [-0.4, -0.2) is 43.2 Å². The Morgan fingerprint density at radius 2 is 1.96 bits per heavy atom. The summed E-state index contributed by atoms with van der Waals surface area (Å²) >= 11 is 0. The number of anilines is 2. The molecule has 1 aromatic heterocycles. The highest BCUT2D eigenvalue weighted by Crippen LogP contribution is 2.33. The molecule has 3 heterocycles. The first-order valence-electron chi connectivity index (χ1n) is 8.44. The van der Waals surface area contributed by atoms with Crippen molar-refractivity contribution in [3.63, 3.8) is 0 Å². The minimum absolute atomic E-state index is 0.0217. The number of aromatic nitrogens is 1. The van der Waals surface area contributed by atoms with Crippen molar-refractivity contribution in [1.82, 2.24) is 4.98 Å². The molecule has 0 unspecified atom stereocenters. The third-order valence-corrected chi connectivity index (χ3v) is 4.76. The molecule has 1 fully saturated rings. The maximum Gasteiger partial charge on any atom is 0.260 e. The van der Waals surface area contributed by atoms with E-state index in [4.69, 9.17) is 4.74 Å². The van der Waals surface area contributed by atoms with E-state index >= 15 is 0 Å². The molecular formula is C19H21N3O2. The second kappa shape index (κ2) is 6.24. The van der Waals surface area contributed by atoms with Crippen LogP contribution in [0.1, 0.15) is 22.8 Å². The van der Waals surface area contributed by atoms with Gasteiger partial charge in [0.15, 0.2) is 0 Å². The lowest BCUT2D eigenvalue weighted by Crippen LogP contribution is -2.37. The average Bonchev–Trinajstić information content (AvgIpc) is 2.98. The minimum atomic E-state index is 0.0217. The van der Waals surface area contributed by atoms with Gasteiger partial charge in [-0.05, 0) is 37.1 Å². The Morgan fingerprint density at radius 3 is 2.71 bits per heavy atom. The molecule has 5 heteroatoms. The van der Waals surface area contributed by atoms with Crippen LogP contribution >= 0.6 is 0 Å². The van der Waals surface area contributed by atoms with Gasteiger partial charge in [0.2, 0.25) is 0 Å². The van der Waals surface area contributed by atoms with Gasteiger partial charge in [0.05, 0.1) is 18.8 Å². The van der Waals surface area contributed by atoms with E-state index in [1.807, 2.05) is 35.2 Å². The third kappa shape index (κ3) is 2.65. The van der Waals surface area contributed by atoms with E-state index in [2.05, 4.69) is 22.9 Å². The van der Waals surface area contributed by atoms with Crippen LogP contribution in [0.25, 0.3) is 0 Å². The number of benzene rings is 1. The summed E-state index contributed by atoms with van der Waals surface area (Å²) in [4.78, 5) is 21.5. The standard InChI is InChI=1S/C19H21N3O2/c1-14-12-15-4-2-3-5-17(15)22(14)19(23)16-6-7-18(20-13-16)21-8-10-24-11-9-21/h2-7,13-14H,8-12H2,1H3/t14-/m1/s1. The summed E-state index contributed by atoms with van der Waals surface area (Å²) in [7, 11) is 0. The summed E-state index contributed by atoms with van der Waals surface area (Å²) in [6, 6.07) is 12.1. The zero-order chi connectivity index (χ0) is 16.5. The van der Waals surface area contributed by atoms with Crippen molar-refractivity contribution in [3.05, 3.63) is 53.7 Å². The Kier molecular flexibility index (Phi) is 3.94. The second-order valence-electron chi connectivity index (χ2n) is 6.36. The van der Waals surface area contributed by atoms with Gasteiger partial charge in [-0.15, -0.1) is 0 Å². The Bertz CT molecular complexity index is 739. The SMILES string of the molecule is C[C@@H]1Cc2ccccc2N1C(=O)c1ccc(N2CCOCC2)nc1. The topological polar surface area (TPSA) is 45.7 Å². The van der Waals surface area contributed by atoms with Gasteiger partial charge < -0.3 is 14.5 Å². The van der Waals surface area contributed by atoms with Crippen LogP contribution < -0.4 is 9.80 Å². The Balaban J connectivity index is 1.56. The van der Waals surface area contributed by atoms with Gasteiger partial charge in [0.25, 0.3) is 5.91 Å². The minimum Gasteiger partial charge on any atom is -0.378 e. The van der Waals surface area contributed by atoms with Gasteiger partial charge in [-0.2, -0.15) is 0 Å². The van der Waals surface area contributed by atoms with Crippen LogP contribution in [-0.2, 0) is 11.2 Å². The first-order valence-corrected chi connectivity index (χ1v) is 8.44. The quantitative estimate of drug-likeness (QED) is 0.852. The molecule has 0 N–H and O–H groups in total. The van der Waals surface area contributed by atoms with Gasteiger partial charge in [0, 0.05) is 31.0 Å². The van der Waals surface area contributed by atoms with Gasteiger partial charge in [-0.25, -0.2) is 4.98 Å². The fraction of sp³-hybridized carbons (Fsp3) is 0.368. The van der Waals surface area contributed by atoms with Crippen LogP contribution in [0.3, 0.4) is 0 Å². The number of morpholine rings is 1. The maximum absolute atomic E-state index is 13.0. The Labute approximate surface area is 141 Å². The van der Waals surface area contributed by atoms with Crippen LogP contribution in [0.4, 0.5) is 11.5 Å². The number of nitrogens with zero attached hydrogens (tertiary/aromatic N) is 3. The van der Waals surface area contributed by atoms with E-state index in [0.717, 1.165) is 44.2 Å². The zero-order valence-corrected chi connectivity index (χ0v) is 13.8. The molecule has 0 radical (unpaired) electrons. The van der Waals surface area contributed by atoms with Gasteiger partial charge in [-0.3, -0.25) is 4.79 Å². The first-order chi connectivity index (χ1) is 11.7. The molecule has 4 rings (SSSR count). The van der Waals surface area contributed by atoms with Crippen molar-refractivity contribution < 1.29 is 9.53 Å². The summed E-state index contributed by atoms with van der Waals surface area (Å²) in [6.07, 6.45) is 2.60. The summed E-state index contributed by atoms with van der Waals surface area (Å²) < 4.78 is 5.37. The van der Waals surface area contributed by atoms with Crippen molar-refractivity contribution in [1.29, 1.82) is 0 Å². The van der Waals surface area contributed by atoms with Gasteiger partial charge in [-0.1, -0.05) is 18.2 Å². The highest BCUT2D eigenvalue weighted by Gasteiger charge is 2.31. The number of hydrogen-bond donors (Lipinski definition) is 0. The molecule has 24 heavy (non-hydrogen) atoms. The van der Waals surface area contributed by atoms with E-state index in [0.29, 0.717) is 5.56 Å². The van der Waals surface area contributed by atoms with Crippen molar-refractivity contribution in [2.45, 2.75) is 19.4 Å². The number of para-hydroxylation sites is 1. The van der Waals surface area contributed by atoms with Crippen LogP contribution in [0.15, 0.2) is 42.6 Å². The van der Waals surface area contributed by atoms with E-state index < -0.39 is 0 Å². The maximum atomic E-state index is 13.0. The molecule has 2 aliphatic rings. The summed E-state index contributed by atoms with van der Waals surface area (Å²) in [5.74, 6) is 0.929. The van der Waals surface area contributed by atoms with Crippen LogP contribution in [0.2, 0.25) is 0 Å². The molecule has 1 atom stereocenters. The predicted octanol–water partition coefficient (Wildman–Crippen LogP) is 2.51. The molecule has 0 aliphatic carbocycles. The van der Waals surface area contributed by atoms with Crippen molar-refractivity contribution in [3.8, 4) is 0 Å². The number of amides is 1. The summed E-state index contributed by atoms with van der Waals surface area (Å²) in [6.45, 7) is 5.23. The first kappa shape index (κ1) is 15.1. The van der Waals surface area contributed by atoms with E-state index in [1.165, 1.54) is 5.56 Å². The van der Waals surface area contributed by atoms with Gasteiger partial charge in [0.1, 0.15) is 5.82 Å². The lowest BCUT2D eigenvalue weighted by Gasteiger charge is -2.28. The molecular weight excluding hydrogens is 302 g/mol. The van der Waals surface area contributed by atoms with E-state index in [9.17, 15) is 4.79 Å². The molecule has 0 bridgehead atoms. The molecule has 1 saturated heterocycles. The molecule has 1 amide bonds. The van der Waals surface area contributed by atoms with Gasteiger partial charge >= 0.3 is 0 Å². The lowest BCUT2D eigenvalue weighted by atomic mass is 10.1. The number of rotatable bonds is 2. The van der Waals surface area contributed by atoms with Crippen LogP contribution in [0.5, 0.6) is 0 Å². The smallest absolute Gasteiger partial charge is 0.260 e. The average molecular weight is 323 g/mol. The molecule has 2 aromatic rings. The molecule has 0 saturated carbocycles. The number of fused-ring (bicyclic) bond motifs is 1. The summed E-state index contributed by atoms with van der Waals surface area (Å²) in [5, 5.41) is 0. The highest BCUT2D eigenvalue weighted by atomic mass is 16.5. The summed E-state index contributed by atoms with van der Waals surface area (Å²) in [5.41, 5.74) is 2.89. The van der Waals surface area contributed by atoms with E-state index in [1.54, 1.807) is 6.20 Å². The number of carbonyl (C=O) groups is 1. The predicted molar refractivity (Wildman–Crippen MR) is 93.7 cm³/mol. The fourth-order valence-corrected chi connectivity index (χ4v) is 3.51. The van der Waals surface area contributed by atoms with E-state index in [-0.39, 0.29) is 11.9 Å². The number of hydrogen-bond acceptors (Lipinski definition) is 4. The number of carbonyl (C=O) groups excluding carboxylic acids is 1. The van der Waals surface area contributed by atoms with Crippen LogP contribution in [0, 0.1) is 0 Å². The number of pyridine rings is 1. The largest absolute Gasteiger partial charge is 0.378 e. The molecule has 124 valence electrons. The van der Waals surface area contributed by atoms with Crippen molar-refractivity contribution >= 4 is 17.4 Å². The molecule has 5 nitrogen and oxygen atoms in total. The second-order valence-corrected chi connectivity index (χ2v) is 6.36. The fourth-order valence-electron chi connectivity index (χ4n) is 3.51. The highest BCUT2D eigenvalue weighted by molar-refractivity contribution is 6.07. The van der Waals surface area contributed by atoms with Crippen molar-refractivity contribution in [2.24, 2.45) is 0 Å². The zero-order valence-electron chi connectivity index (χ0n) is 13.8. The molecule has 0 spiro atoms. The molecule has 1 aromatic carbocycles. The van der Waals surface area contributed by atoms with Crippen molar-refractivity contribution in [2.75, 3.05) is 36.1 Å². The Hall–Kier alpha value is -2.40. The normalized spacial score (nSPS) is 20.1. The monoisotopic (exact) mass is 323 g/mol. The Morgan fingerprint density at radius 1 is 1.17 bits per heavy atom. The number of ether oxygens (including phenoxy) is 1. The third-order valence-electron chi connectivity index (χ3n) is 4.76. The molecule has 2 aliphatic heterocycles.